The molecule has 0 radical (unpaired) electrons. The second kappa shape index (κ2) is 4.21. The van der Waals surface area contributed by atoms with E-state index in [1.54, 1.807) is 36.4 Å². The highest BCUT2D eigenvalue weighted by molar-refractivity contribution is 6.39. The van der Waals surface area contributed by atoms with E-state index in [0.29, 0.717) is 21.2 Å². The van der Waals surface area contributed by atoms with Crippen molar-refractivity contribution in [3.63, 3.8) is 0 Å². The van der Waals surface area contributed by atoms with Crippen molar-refractivity contribution in [2.45, 2.75) is 0 Å². The van der Waals surface area contributed by atoms with E-state index in [-0.39, 0.29) is 5.82 Å². The van der Waals surface area contributed by atoms with Crippen LogP contribution in [-0.2, 0) is 0 Å². The van der Waals surface area contributed by atoms with E-state index >= 15 is 0 Å². The van der Waals surface area contributed by atoms with Gasteiger partial charge in [0.15, 0.2) is 0 Å². The molecule has 0 fully saturated rings. The monoisotopic (exact) mass is 240 g/mol. The first-order chi connectivity index (χ1) is 7.20. The van der Waals surface area contributed by atoms with Gasteiger partial charge in [0.25, 0.3) is 0 Å². The lowest BCUT2D eigenvalue weighted by atomic mass is 10.1. The Hall–Kier alpha value is -1.05. The summed E-state index contributed by atoms with van der Waals surface area (Å²) in [5.74, 6) is -0.326. The van der Waals surface area contributed by atoms with E-state index in [9.17, 15) is 4.39 Å². The zero-order valence-electron chi connectivity index (χ0n) is 7.68. The number of rotatable bonds is 1. The Bertz CT molecular complexity index is 474. The van der Waals surface area contributed by atoms with Crippen molar-refractivity contribution in [3.05, 3.63) is 58.3 Å². The Morgan fingerprint density at radius 3 is 2.00 bits per heavy atom. The van der Waals surface area contributed by atoms with E-state index in [2.05, 4.69) is 0 Å². The molecule has 0 N–H and O–H groups in total. The van der Waals surface area contributed by atoms with Crippen LogP contribution >= 0.6 is 23.2 Å². The minimum absolute atomic E-state index is 0.326. The van der Waals surface area contributed by atoms with Gasteiger partial charge in [-0.15, -0.1) is 0 Å². The number of halogens is 3. The lowest BCUT2D eigenvalue weighted by Gasteiger charge is -2.07. The van der Waals surface area contributed by atoms with Crippen LogP contribution in [0.25, 0.3) is 11.1 Å². The summed E-state index contributed by atoms with van der Waals surface area (Å²) in [6.07, 6.45) is 0. The van der Waals surface area contributed by atoms with Gasteiger partial charge in [-0.2, -0.15) is 0 Å². The molecule has 3 heteroatoms. The summed E-state index contributed by atoms with van der Waals surface area (Å²) in [7, 11) is 0. The first-order valence-electron chi connectivity index (χ1n) is 4.39. The number of benzene rings is 2. The average Bonchev–Trinajstić information content (AvgIpc) is 2.20. The minimum Gasteiger partial charge on any atom is -0.206 e. The van der Waals surface area contributed by atoms with E-state index < -0.39 is 0 Å². The fourth-order valence-electron chi connectivity index (χ4n) is 1.42. The predicted octanol–water partition coefficient (Wildman–Crippen LogP) is 4.80. The van der Waals surface area contributed by atoms with E-state index in [0.717, 1.165) is 0 Å². The average molecular weight is 241 g/mol. The van der Waals surface area contributed by atoms with Crippen molar-refractivity contribution < 1.29 is 4.39 Å². The first kappa shape index (κ1) is 10.5. The van der Waals surface area contributed by atoms with Crippen molar-refractivity contribution in [1.29, 1.82) is 0 Å². The van der Waals surface area contributed by atoms with Gasteiger partial charge in [0.05, 0.1) is 0 Å². The number of hydrogen-bond acceptors (Lipinski definition) is 0. The highest BCUT2D eigenvalue weighted by Gasteiger charge is 2.11. The molecule has 0 aromatic heterocycles. The largest absolute Gasteiger partial charge is 0.206 e. The van der Waals surface area contributed by atoms with Crippen LogP contribution < -0.4 is 0 Å². The molecule has 0 aliphatic rings. The molecule has 2 aromatic carbocycles. The van der Waals surface area contributed by atoms with Gasteiger partial charge in [0.1, 0.15) is 5.82 Å². The van der Waals surface area contributed by atoms with Gasteiger partial charge in [-0.25, -0.2) is 4.39 Å². The smallest absolute Gasteiger partial charge is 0.131 e. The maximum Gasteiger partial charge on any atom is 0.131 e. The van der Waals surface area contributed by atoms with Crippen LogP contribution in [0.15, 0.2) is 42.5 Å². The fourth-order valence-corrected chi connectivity index (χ4v) is 2.02. The van der Waals surface area contributed by atoms with Crippen LogP contribution in [0.2, 0.25) is 10.0 Å². The first-order valence-corrected chi connectivity index (χ1v) is 5.14. The Morgan fingerprint density at radius 2 is 1.40 bits per heavy atom. The topological polar surface area (TPSA) is 0 Å². The molecule has 0 amide bonds. The van der Waals surface area contributed by atoms with E-state index in [4.69, 9.17) is 23.2 Å². The van der Waals surface area contributed by atoms with Crippen molar-refractivity contribution in [2.24, 2.45) is 0 Å². The molecule has 15 heavy (non-hydrogen) atoms. The lowest BCUT2D eigenvalue weighted by Crippen LogP contribution is -1.85. The Labute approximate surface area is 97.3 Å². The molecule has 76 valence electrons. The van der Waals surface area contributed by atoms with Gasteiger partial charge < -0.3 is 0 Å². The molecule has 0 heterocycles. The van der Waals surface area contributed by atoms with Gasteiger partial charge in [0.2, 0.25) is 0 Å². The zero-order chi connectivity index (χ0) is 10.8. The summed E-state index contributed by atoms with van der Waals surface area (Å²) >= 11 is 12.0. The van der Waals surface area contributed by atoms with Crippen LogP contribution in [-0.4, -0.2) is 0 Å². The molecule has 0 atom stereocenters. The van der Waals surface area contributed by atoms with Gasteiger partial charge in [-0.05, 0) is 18.2 Å². The highest BCUT2D eigenvalue weighted by Crippen LogP contribution is 2.35. The summed E-state index contributed by atoms with van der Waals surface area (Å²) in [5.41, 5.74) is 0.965. The molecule has 2 rings (SSSR count). The molecule has 0 spiro atoms. The Balaban J connectivity index is 2.69. The molecule has 0 bridgehead atoms. The number of hydrogen-bond donors (Lipinski definition) is 0. The third kappa shape index (κ3) is 1.99. The van der Waals surface area contributed by atoms with Crippen LogP contribution in [0.4, 0.5) is 4.39 Å². The SMILES string of the molecule is Fc1ccccc1-c1c(Cl)cccc1Cl. The third-order valence-corrected chi connectivity index (χ3v) is 2.74. The maximum absolute atomic E-state index is 13.5. The summed E-state index contributed by atoms with van der Waals surface area (Å²) in [6, 6.07) is 11.5. The van der Waals surface area contributed by atoms with Crippen molar-refractivity contribution in [3.8, 4) is 11.1 Å². The predicted molar refractivity (Wildman–Crippen MR) is 61.9 cm³/mol. The maximum atomic E-state index is 13.5. The van der Waals surface area contributed by atoms with Crippen LogP contribution in [0.5, 0.6) is 0 Å². The normalized spacial score (nSPS) is 10.3. The van der Waals surface area contributed by atoms with Gasteiger partial charge in [-0.3, -0.25) is 0 Å². The van der Waals surface area contributed by atoms with Crippen LogP contribution in [0.1, 0.15) is 0 Å². The molecule has 0 saturated heterocycles. The minimum atomic E-state index is -0.326. The molecular weight excluding hydrogens is 234 g/mol. The molecule has 0 saturated carbocycles. The fraction of sp³-hybridized carbons (Fsp3) is 0. The van der Waals surface area contributed by atoms with Crippen LogP contribution in [0, 0.1) is 5.82 Å². The zero-order valence-corrected chi connectivity index (χ0v) is 9.19. The molecule has 2 aromatic rings. The molecule has 0 nitrogen and oxygen atoms in total. The Morgan fingerprint density at radius 1 is 0.800 bits per heavy atom. The standard InChI is InChI=1S/C12H7Cl2F/c13-9-5-3-6-10(14)12(9)8-4-1-2-7-11(8)15/h1-7H. The summed E-state index contributed by atoms with van der Waals surface area (Å²) < 4.78 is 13.5. The molecular formula is C12H7Cl2F. The summed E-state index contributed by atoms with van der Waals surface area (Å²) in [4.78, 5) is 0. The molecule has 0 aliphatic heterocycles. The lowest BCUT2D eigenvalue weighted by molar-refractivity contribution is 0.631. The van der Waals surface area contributed by atoms with Crippen molar-refractivity contribution in [2.75, 3.05) is 0 Å². The van der Waals surface area contributed by atoms with E-state index in [1.165, 1.54) is 6.07 Å². The second-order valence-corrected chi connectivity index (χ2v) is 3.89. The summed E-state index contributed by atoms with van der Waals surface area (Å²) in [5, 5.41) is 0.903. The van der Waals surface area contributed by atoms with Crippen molar-refractivity contribution >= 4 is 23.2 Å². The summed E-state index contributed by atoms with van der Waals surface area (Å²) in [6.45, 7) is 0. The Kier molecular flexibility index (Phi) is 2.94. The van der Waals surface area contributed by atoms with Crippen molar-refractivity contribution in [1.82, 2.24) is 0 Å². The quantitative estimate of drug-likeness (QED) is 0.672. The second-order valence-electron chi connectivity index (χ2n) is 3.08. The van der Waals surface area contributed by atoms with Crippen LogP contribution in [0.3, 0.4) is 0 Å². The molecule has 0 unspecified atom stereocenters. The van der Waals surface area contributed by atoms with Gasteiger partial charge >= 0.3 is 0 Å². The third-order valence-electron chi connectivity index (χ3n) is 2.11. The molecule has 0 aliphatic carbocycles. The van der Waals surface area contributed by atoms with E-state index in [1.807, 2.05) is 0 Å². The highest BCUT2D eigenvalue weighted by atomic mass is 35.5. The van der Waals surface area contributed by atoms with Gasteiger partial charge in [-0.1, -0.05) is 47.5 Å². The van der Waals surface area contributed by atoms with Gasteiger partial charge in [0, 0.05) is 21.2 Å².